The van der Waals surface area contributed by atoms with Crippen LogP contribution in [0.25, 0.3) is 5.65 Å². The van der Waals surface area contributed by atoms with Gasteiger partial charge in [-0.3, -0.25) is 0 Å². The van der Waals surface area contributed by atoms with Gasteiger partial charge >= 0.3 is 0 Å². The Hall–Kier alpha value is -1.14. The number of hydrogen-bond acceptors (Lipinski definition) is 4. The number of hydrogen-bond donors (Lipinski definition) is 1. The van der Waals surface area contributed by atoms with Crippen molar-refractivity contribution in [1.29, 1.82) is 0 Å². The zero-order chi connectivity index (χ0) is 12.5. The fourth-order valence-electron chi connectivity index (χ4n) is 2.35. The summed E-state index contributed by atoms with van der Waals surface area (Å²) in [7, 11) is 2.04. The van der Waals surface area contributed by atoms with E-state index in [9.17, 15) is 0 Å². The van der Waals surface area contributed by atoms with Gasteiger partial charge in [-0.15, -0.1) is 5.10 Å². The monoisotopic (exact) mass is 309 g/mol. The molecule has 6 heteroatoms. The Bertz CT molecular complexity index is 546. The standard InChI is InChI=1S/C12H16BrN5/c1-17(8-9-4-2-6-14-9)12-15-11-10(13)5-3-7-18(11)16-12/h3,5,7,9,14H,2,4,6,8H2,1H3. The van der Waals surface area contributed by atoms with E-state index in [0.717, 1.165) is 29.2 Å². The van der Waals surface area contributed by atoms with Crippen molar-refractivity contribution in [2.75, 3.05) is 25.0 Å². The lowest BCUT2D eigenvalue weighted by atomic mass is 10.2. The van der Waals surface area contributed by atoms with Gasteiger partial charge in [0.15, 0.2) is 5.65 Å². The van der Waals surface area contributed by atoms with E-state index in [0.29, 0.717) is 6.04 Å². The normalized spacial score (nSPS) is 19.6. The minimum absolute atomic E-state index is 0.560. The molecule has 5 nitrogen and oxygen atoms in total. The van der Waals surface area contributed by atoms with Crippen LogP contribution in [0.1, 0.15) is 12.8 Å². The number of aromatic nitrogens is 3. The molecular weight excluding hydrogens is 294 g/mol. The van der Waals surface area contributed by atoms with E-state index >= 15 is 0 Å². The van der Waals surface area contributed by atoms with Crippen LogP contribution in [0, 0.1) is 0 Å². The first-order chi connectivity index (χ1) is 8.74. The summed E-state index contributed by atoms with van der Waals surface area (Å²) in [6.45, 7) is 2.08. The van der Waals surface area contributed by atoms with Crippen LogP contribution in [0.5, 0.6) is 0 Å². The maximum absolute atomic E-state index is 4.56. The van der Waals surface area contributed by atoms with Crippen LogP contribution in [0.4, 0.5) is 5.95 Å². The van der Waals surface area contributed by atoms with E-state index in [2.05, 4.69) is 36.2 Å². The molecule has 1 aliphatic heterocycles. The van der Waals surface area contributed by atoms with Crippen molar-refractivity contribution in [3.05, 3.63) is 22.8 Å². The molecule has 96 valence electrons. The second-order valence-electron chi connectivity index (χ2n) is 4.71. The SMILES string of the molecule is CN(CC1CCCN1)c1nc2c(Br)cccn2n1. The van der Waals surface area contributed by atoms with Crippen LogP contribution >= 0.6 is 15.9 Å². The summed E-state index contributed by atoms with van der Waals surface area (Å²) in [6, 6.07) is 4.49. The summed E-state index contributed by atoms with van der Waals surface area (Å²) < 4.78 is 2.77. The maximum Gasteiger partial charge on any atom is 0.245 e. The lowest BCUT2D eigenvalue weighted by Crippen LogP contribution is -2.35. The third-order valence-electron chi connectivity index (χ3n) is 3.30. The Labute approximate surface area is 114 Å². The van der Waals surface area contributed by atoms with E-state index < -0.39 is 0 Å². The van der Waals surface area contributed by atoms with E-state index in [1.807, 2.05) is 25.4 Å². The number of halogens is 1. The van der Waals surface area contributed by atoms with Crippen LogP contribution < -0.4 is 10.2 Å². The Morgan fingerprint density at radius 2 is 2.50 bits per heavy atom. The molecule has 2 aromatic heterocycles. The van der Waals surface area contributed by atoms with E-state index in [-0.39, 0.29) is 0 Å². The molecule has 1 aliphatic rings. The van der Waals surface area contributed by atoms with Crippen molar-refractivity contribution in [1.82, 2.24) is 19.9 Å². The molecule has 0 aromatic carbocycles. The van der Waals surface area contributed by atoms with Crippen molar-refractivity contribution < 1.29 is 0 Å². The van der Waals surface area contributed by atoms with Gasteiger partial charge in [0.05, 0.1) is 4.47 Å². The molecule has 1 saturated heterocycles. The Balaban J connectivity index is 1.82. The molecule has 1 fully saturated rings. The average molecular weight is 310 g/mol. The number of likely N-dealkylation sites (N-methyl/N-ethyl adjacent to an activating group) is 1. The topological polar surface area (TPSA) is 45.5 Å². The molecule has 0 aliphatic carbocycles. The lowest BCUT2D eigenvalue weighted by molar-refractivity contribution is 0.594. The van der Waals surface area contributed by atoms with Crippen LogP contribution in [-0.4, -0.2) is 40.8 Å². The number of anilines is 1. The average Bonchev–Trinajstić information content (AvgIpc) is 2.97. The van der Waals surface area contributed by atoms with E-state index in [1.165, 1.54) is 12.8 Å². The quantitative estimate of drug-likeness (QED) is 0.937. The third-order valence-corrected chi connectivity index (χ3v) is 3.92. The van der Waals surface area contributed by atoms with Crippen molar-refractivity contribution in [2.24, 2.45) is 0 Å². The summed E-state index contributed by atoms with van der Waals surface area (Å²) in [5.74, 6) is 0.774. The highest BCUT2D eigenvalue weighted by Gasteiger charge is 2.18. The molecule has 0 radical (unpaired) electrons. The fraction of sp³-hybridized carbons (Fsp3) is 0.500. The largest absolute Gasteiger partial charge is 0.341 e. The van der Waals surface area contributed by atoms with Crippen LogP contribution in [-0.2, 0) is 0 Å². The first-order valence-electron chi connectivity index (χ1n) is 6.19. The molecule has 18 heavy (non-hydrogen) atoms. The second-order valence-corrected chi connectivity index (χ2v) is 5.56. The van der Waals surface area contributed by atoms with Gasteiger partial charge in [0.25, 0.3) is 0 Å². The number of pyridine rings is 1. The lowest BCUT2D eigenvalue weighted by Gasteiger charge is -2.19. The minimum atomic E-state index is 0.560. The molecule has 3 rings (SSSR count). The molecule has 0 bridgehead atoms. The first-order valence-corrected chi connectivity index (χ1v) is 6.99. The number of nitrogens with zero attached hydrogens (tertiary/aromatic N) is 4. The fourth-order valence-corrected chi connectivity index (χ4v) is 2.77. The predicted octanol–water partition coefficient (Wildman–Crippen LogP) is 1.68. The Kier molecular flexibility index (Phi) is 3.22. The van der Waals surface area contributed by atoms with Crippen molar-refractivity contribution >= 4 is 27.5 Å². The van der Waals surface area contributed by atoms with Gasteiger partial charge in [-0.2, -0.15) is 4.98 Å². The summed E-state index contributed by atoms with van der Waals surface area (Å²) in [5.41, 5.74) is 0.860. The number of rotatable bonds is 3. The third kappa shape index (κ3) is 2.22. The summed E-state index contributed by atoms with van der Waals surface area (Å²) in [4.78, 5) is 6.67. The van der Waals surface area contributed by atoms with Gasteiger partial charge in [0.2, 0.25) is 5.95 Å². The van der Waals surface area contributed by atoms with Gasteiger partial charge in [0, 0.05) is 25.8 Å². The van der Waals surface area contributed by atoms with Crippen molar-refractivity contribution in [3.63, 3.8) is 0 Å². The van der Waals surface area contributed by atoms with Crippen molar-refractivity contribution in [3.8, 4) is 0 Å². The number of nitrogens with one attached hydrogen (secondary N) is 1. The Morgan fingerprint density at radius 3 is 3.22 bits per heavy atom. The molecule has 1 unspecified atom stereocenters. The van der Waals surface area contributed by atoms with E-state index in [4.69, 9.17) is 0 Å². The number of fused-ring (bicyclic) bond motifs is 1. The molecule has 3 heterocycles. The van der Waals surface area contributed by atoms with Gasteiger partial charge in [0.1, 0.15) is 0 Å². The van der Waals surface area contributed by atoms with Gasteiger partial charge in [-0.05, 0) is 47.4 Å². The second kappa shape index (κ2) is 4.85. The molecule has 1 atom stereocenters. The van der Waals surface area contributed by atoms with Gasteiger partial charge < -0.3 is 10.2 Å². The molecular formula is C12H16BrN5. The highest BCUT2D eigenvalue weighted by molar-refractivity contribution is 9.10. The molecule has 0 spiro atoms. The predicted molar refractivity (Wildman–Crippen MR) is 75.0 cm³/mol. The van der Waals surface area contributed by atoms with Gasteiger partial charge in [-0.25, -0.2) is 4.52 Å². The zero-order valence-electron chi connectivity index (χ0n) is 10.3. The minimum Gasteiger partial charge on any atom is -0.341 e. The summed E-state index contributed by atoms with van der Waals surface area (Å²) in [5, 5.41) is 7.98. The molecule has 1 N–H and O–H groups in total. The molecule has 0 amide bonds. The Morgan fingerprint density at radius 1 is 1.61 bits per heavy atom. The summed E-state index contributed by atoms with van der Waals surface area (Å²) >= 11 is 3.49. The summed E-state index contributed by atoms with van der Waals surface area (Å²) in [6.07, 6.45) is 4.42. The highest BCUT2D eigenvalue weighted by Crippen LogP contribution is 2.18. The van der Waals surface area contributed by atoms with E-state index in [1.54, 1.807) is 4.52 Å². The maximum atomic E-state index is 4.56. The molecule has 0 saturated carbocycles. The van der Waals surface area contributed by atoms with Gasteiger partial charge in [-0.1, -0.05) is 0 Å². The van der Waals surface area contributed by atoms with Crippen LogP contribution in [0.15, 0.2) is 22.8 Å². The molecule has 2 aromatic rings. The zero-order valence-corrected chi connectivity index (χ0v) is 11.9. The highest BCUT2D eigenvalue weighted by atomic mass is 79.9. The van der Waals surface area contributed by atoms with Crippen LogP contribution in [0.2, 0.25) is 0 Å². The first kappa shape index (κ1) is 11.9. The smallest absolute Gasteiger partial charge is 0.245 e. The van der Waals surface area contributed by atoms with Crippen molar-refractivity contribution in [2.45, 2.75) is 18.9 Å². The van der Waals surface area contributed by atoms with Crippen LogP contribution in [0.3, 0.4) is 0 Å².